The highest BCUT2D eigenvalue weighted by atomic mass is 35.5. The van der Waals surface area contributed by atoms with E-state index in [1.807, 2.05) is 0 Å². The van der Waals surface area contributed by atoms with Crippen LogP contribution in [0.25, 0.3) is 0 Å². The van der Waals surface area contributed by atoms with Gasteiger partial charge in [0.25, 0.3) is 5.91 Å². The van der Waals surface area contributed by atoms with E-state index in [4.69, 9.17) is 11.6 Å². The second-order valence-corrected chi connectivity index (χ2v) is 5.22. The van der Waals surface area contributed by atoms with Crippen molar-refractivity contribution in [2.75, 3.05) is 12.4 Å². The molecule has 0 bridgehead atoms. The molecule has 0 heterocycles. The summed E-state index contributed by atoms with van der Waals surface area (Å²) in [4.78, 5) is 11.8. The van der Waals surface area contributed by atoms with Crippen LogP contribution in [0.15, 0.2) is 18.2 Å². The van der Waals surface area contributed by atoms with Crippen LogP contribution in [0.1, 0.15) is 29.6 Å². The van der Waals surface area contributed by atoms with Crippen molar-refractivity contribution in [1.82, 2.24) is 5.32 Å². The minimum atomic E-state index is -0.835. The average molecular weight is 288 g/mol. The Morgan fingerprint density at radius 2 is 1.89 bits per heavy atom. The van der Waals surface area contributed by atoms with Gasteiger partial charge >= 0.3 is 0 Å². The Kier molecular flexibility index (Phi) is 4.75. The van der Waals surface area contributed by atoms with Crippen molar-refractivity contribution >= 4 is 17.5 Å². The third-order valence-electron chi connectivity index (χ3n) is 3.73. The zero-order valence-corrected chi connectivity index (χ0v) is 11.2. The lowest BCUT2D eigenvalue weighted by Gasteiger charge is -2.17. The molecule has 1 aromatic rings. The lowest BCUT2D eigenvalue weighted by molar-refractivity contribution is 0.0936. The van der Waals surface area contributed by atoms with Crippen molar-refractivity contribution in [2.45, 2.75) is 19.3 Å². The quantitative estimate of drug-likeness (QED) is 0.846. The van der Waals surface area contributed by atoms with E-state index in [-0.39, 0.29) is 0 Å². The molecule has 0 aliphatic heterocycles. The summed E-state index contributed by atoms with van der Waals surface area (Å²) in [6.07, 6.45) is 3.14. The van der Waals surface area contributed by atoms with E-state index in [0.29, 0.717) is 24.3 Å². The van der Waals surface area contributed by atoms with Crippen LogP contribution < -0.4 is 5.32 Å². The van der Waals surface area contributed by atoms with E-state index in [1.165, 1.54) is 6.07 Å². The molecule has 0 radical (unpaired) electrons. The predicted molar refractivity (Wildman–Crippen MR) is 70.2 cm³/mol. The monoisotopic (exact) mass is 287 g/mol. The van der Waals surface area contributed by atoms with Crippen molar-refractivity contribution in [1.29, 1.82) is 0 Å². The third-order valence-corrected chi connectivity index (χ3v) is 4.13. The molecule has 1 N–H and O–H groups in total. The number of hydrogen-bond acceptors (Lipinski definition) is 1. The molecule has 0 spiro atoms. The zero-order chi connectivity index (χ0) is 13.8. The average Bonchev–Trinajstić information content (AvgIpc) is 2.83. The van der Waals surface area contributed by atoms with Crippen molar-refractivity contribution in [3.63, 3.8) is 0 Å². The van der Waals surface area contributed by atoms with Crippen LogP contribution in [0.3, 0.4) is 0 Å². The molecular formula is C14H16ClF2NO. The number of alkyl halides is 1. The van der Waals surface area contributed by atoms with Crippen LogP contribution in [0, 0.1) is 23.5 Å². The first-order chi connectivity index (χ1) is 9.13. The summed E-state index contributed by atoms with van der Waals surface area (Å²) in [5.41, 5.74) is -0.511. The summed E-state index contributed by atoms with van der Waals surface area (Å²) < 4.78 is 26.8. The molecule has 104 valence electrons. The van der Waals surface area contributed by atoms with Crippen LogP contribution in [0.5, 0.6) is 0 Å². The van der Waals surface area contributed by atoms with Gasteiger partial charge in [-0.15, -0.1) is 11.6 Å². The summed E-state index contributed by atoms with van der Waals surface area (Å²) in [7, 11) is 0. The van der Waals surface area contributed by atoms with E-state index in [9.17, 15) is 13.6 Å². The molecular weight excluding hydrogens is 272 g/mol. The maximum absolute atomic E-state index is 13.4. The fraction of sp³-hybridized carbons (Fsp3) is 0.500. The number of hydrogen-bond donors (Lipinski definition) is 1. The van der Waals surface area contributed by atoms with Crippen molar-refractivity contribution in [3.05, 3.63) is 35.4 Å². The van der Waals surface area contributed by atoms with E-state index in [2.05, 4.69) is 5.32 Å². The smallest absolute Gasteiger partial charge is 0.257 e. The minimum Gasteiger partial charge on any atom is -0.352 e. The number of nitrogens with one attached hydrogen (secondary N) is 1. The van der Waals surface area contributed by atoms with Gasteiger partial charge in [-0.2, -0.15) is 0 Å². The van der Waals surface area contributed by atoms with Gasteiger partial charge in [0.15, 0.2) is 0 Å². The summed E-state index contributed by atoms with van der Waals surface area (Å²) in [5, 5.41) is 2.61. The maximum Gasteiger partial charge on any atom is 0.257 e. The van der Waals surface area contributed by atoms with Gasteiger partial charge in [-0.25, -0.2) is 8.78 Å². The lowest BCUT2D eigenvalue weighted by atomic mass is 9.98. The molecule has 1 aliphatic carbocycles. The fourth-order valence-electron chi connectivity index (χ4n) is 2.61. The highest BCUT2D eigenvalue weighted by Crippen LogP contribution is 2.32. The number of halogens is 3. The molecule has 2 atom stereocenters. The molecule has 1 fully saturated rings. The lowest BCUT2D eigenvalue weighted by Crippen LogP contribution is -2.32. The van der Waals surface area contributed by atoms with Crippen LogP contribution in [-0.2, 0) is 0 Å². The van der Waals surface area contributed by atoms with Gasteiger partial charge in [-0.05, 0) is 36.8 Å². The molecule has 0 saturated heterocycles. The summed E-state index contributed by atoms with van der Waals surface area (Å²) in [5.74, 6) is -1.12. The Morgan fingerprint density at radius 1 is 1.26 bits per heavy atom. The Bertz CT molecular complexity index is 447. The molecule has 2 rings (SSSR count). The Labute approximate surface area is 116 Å². The van der Waals surface area contributed by atoms with Crippen LogP contribution >= 0.6 is 11.6 Å². The molecule has 1 aliphatic rings. The Balaban J connectivity index is 1.98. The first-order valence-electron chi connectivity index (χ1n) is 6.41. The Morgan fingerprint density at radius 3 is 2.53 bits per heavy atom. The molecule has 2 nitrogen and oxygen atoms in total. The van der Waals surface area contributed by atoms with Crippen molar-refractivity contribution < 1.29 is 13.6 Å². The van der Waals surface area contributed by atoms with E-state index >= 15 is 0 Å². The highest BCUT2D eigenvalue weighted by molar-refractivity contribution is 6.18. The van der Waals surface area contributed by atoms with Gasteiger partial charge in [0.05, 0.1) is 0 Å². The molecule has 0 aromatic heterocycles. The van der Waals surface area contributed by atoms with Gasteiger partial charge in [0.1, 0.15) is 17.2 Å². The van der Waals surface area contributed by atoms with E-state index in [1.54, 1.807) is 0 Å². The van der Waals surface area contributed by atoms with Gasteiger partial charge < -0.3 is 5.32 Å². The first-order valence-corrected chi connectivity index (χ1v) is 6.95. The van der Waals surface area contributed by atoms with Crippen LogP contribution in [0.4, 0.5) is 8.78 Å². The van der Waals surface area contributed by atoms with Gasteiger partial charge in [0, 0.05) is 12.4 Å². The number of benzene rings is 1. The van der Waals surface area contributed by atoms with Crippen molar-refractivity contribution in [2.24, 2.45) is 11.8 Å². The van der Waals surface area contributed by atoms with E-state index < -0.39 is 23.1 Å². The van der Waals surface area contributed by atoms with Gasteiger partial charge in [0.2, 0.25) is 0 Å². The molecule has 1 aromatic carbocycles. The minimum absolute atomic E-state index is 0.302. The summed E-state index contributed by atoms with van der Waals surface area (Å²) >= 11 is 5.85. The fourth-order valence-corrected chi connectivity index (χ4v) is 3.02. The Hall–Kier alpha value is -1.16. The number of amides is 1. The highest BCUT2D eigenvalue weighted by Gasteiger charge is 2.27. The molecule has 5 heteroatoms. The third kappa shape index (κ3) is 3.24. The molecule has 19 heavy (non-hydrogen) atoms. The van der Waals surface area contributed by atoms with Crippen LogP contribution in [0.2, 0.25) is 0 Å². The standard InChI is InChI=1S/C14H16ClF2NO/c15-7-9-3-1-4-10(9)8-18-14(19)13-11(16)5-2-6-12(13)17/h2,5-6,9-10H,1,3-4,7-8H2,(H,18,19). The van der Waals surface area contributed by atoms with Crippen molar-refractivity contribution in [3.8, 4) is 0 Å². The second-order valence-electron chi connectivity index (χ2n) is 4.91. The van der Waals surface area contributed by atoms with E-state index in [0.717, 1.165) is 31.4 Å². The SMILES string of the molecule is O=C(NCC1CCCC1CCl)c1c(F)cccc1F. The number of carbonyl (C=O) groups excluding carboxylic acids is 1. The summed E-state index contributed by atoms with van der Waals surface area (Å²) in [6.45, 7) is 0.421. The number of carbonyl (C=O) groups is 1. The topological polar surface area (TPSA) is 29.1 Å². The first kappa shape index (κ1) is 14.3. The van der Waals surface area contributed by atoms with Gasteiger partial charge in [-0.1, -0.05) is 12.5 Å². The summed E-state index contributed by atoms with van der Waals surface area (Å²) in [6, 6.07) is 3.40. The normalized spacial score (nSPS) is 22.5. The maximum atomic E-state index is 13.4. The largest absolute Gasteiger partial charge is 0.352 e. The predicted octanol–water partition coefficient (Wildman–Crippen LogP) is 3.35. The molecule has 2 unspecified atom stereocenters. The van der Waals surface area contributed by atoms with Crippen LogP contribution in [-0.4, -0.2) is 18.3 Å². The molecule has 1 amide bonds. The second kappa shape index (κ2) is 6.33. The van der Waals surface area contributed by atoms with Gasteiger partial charge in [-0.3, -0.25) is 4.79 Å². The molecule has 1 saturated carbocycles. The zero-order valence-electron chi connectivity index (χ0n) is 10.5. The number of rotatable bonds is 4.